The summed E-state index contributed by atoms with van der Waals surface area (Å²) in [6.45, 7) is 8.52. The van der Waals surface area contributed by atoms with Gasteiger partial charge in [-0.1, -0.05) is 19.8 Å². The number of rotatable bonds is 3. The van der Waals surface area contributed by atoms with Crippen molar-refractivity contribution in [1.82, 2.24) is 9.80 Å². The van der Waals surface area contributed by atoms with Crippen molar-refractivity contribution in [3.63, 3.8) is 0 Å². The van der Waals surface area contributed by atoms with Gasteiger partial charge in [0.2, 0.25) is 0 Å². The van der Waals surface area contributed by atoms with E-state index in [1.54, 1.807) is 0 Å². The van der Waals surface area contributed by atoms with E-state index in [2.05, 4.69) is 16.7 Å². The van der Waals surface area contributed by atoms with E-state index in [-0.39, 0.29) is 0 Å². The third-order valence-corrected chi connectivity index (χ3v) is 6.22. The molecule has 1 saturated carbocycles. The van der Waals surface area contributed by atoms with Crippen molar-refractivity contribution in [2.24, 2.45) is 11.7 Å². The van der Waals surface area contributed by atoms with Crippen molar-refractivity contribution in [3.8, 4) is 0 Å². The van der Waals surface area contributed by atoms with Gasteiger partial charge in [-0.05, 0) is 51.1 Å². The molecule has 3 rings (SSSR count). The van der Waals surface area contributed by atoms with Crippen LogP contribution in [0.15, 0.2) is 0 Å². The molecule has 110 valence electrons. The van der Waals surface area contributed by atoms with Crippen molar-refractivity contribution in [3.05, 3.63) is 0 Å². The van der Waals surface area contributed by atoms with Crippen molar-refractivity contribution >= 4 is 0 Å². The van der Waals surface area contributed by atoms with Crippen LogP contribution in [0, 0.1) is 5.92 Å². The monoisotopic (exact) mass is 265 g/mol. The molecule has 0 radical (unpaired) electrons. The Morgan fingerprint density at radius 1 is 1.05 bits per heavy atom. The first-order valence-corrected chi connectivity index (χ1v) is 8.45. The molecule has 19 heavy (non-hydrogen) atoms. The van der Waals surface area contributed by atoms with E-state index in [1.165, 1.54) is 71.1 Å². The minimum Gasteiger partial charge on any atom is -0.329 e. The molecule has 0 amide bonds. The average molecular weight is 265 g/mol. The van der Waals surface area contributed by atoms with Gasteiger partial charge in [-0.2, -0.15) is 0 Å². The standard InChI is InChI=1S/C16H31N3/c1-14-6-5-8-16(14,13-17)19-11-7-15(12-19)18-9-3-2-4-10-18/h14-15H,2-13,17H2,1H3. The van der Waals surface area contributed by atoms with Crippen molar-refractivity contribution in [1.29, 1.82) is 0 Å². The van der Waals surface area contributed by atoms with Gasteiger partial charge in [0.25, 0.3) is 0 Å². The van der Waals surface area contributed by atoms with Crippen LogP contribution in [-0.2, 0) is 0 Å². The van der Waals surface area contributed by atoms with Gasteiger partial charge >= 0.3 is 0 Å². The number of hydrogen-bond donors (Lipinski definition) is 1. The van der Waals surface area contributed by atoms with Crippen LogP contribution in [0.3, 0.4) is 0 Å². The molecule has 3 aliphatic rings. The normalized spacial score (nSPS) is 42.0. The van der Waals surface area contributed by atoms with E-state index in [9.17, 15) is 0 Å². The van der Waals surface area contributed by atoms with Crippen molar-refractivity contribution in [2.45, 2.75) is 63.5 Å². The fourth-order valence-corrected chi connectivity index (χ4v) is 4.86. The fourth-order valence-electron chi connectivity index (χ4n) is 4.86. The first-order chi connectivity index (χ1) is 9.26. The summed E-state index contributed by atoms with van der Waals surface area (Å²) in [5.74, 6) is 0.789. The summed E-state index contributed by atoms with van der Waals surface area (Å²) < 4.78 is 0. The molecule has 3 unspecified atom stereocenters. The molecule has 0 spiro atoms. The van der Waals surface area contributed by atoms with E-state index in [0.717, 1.165) is 18.5 Å². The van der Waals surface area contributed by atoms with Crippen LogP contribution in [-0.4, -0.2) is 54.1 Å². The Morgan fingerprint density at radius 3 is 2.47 bits per heavy atom. The molecule has 3 atom stereocenters. The zero-order valence-electron chi connectivity index (χ0n) is 12.6. The lowest BCUT2D eigenvalue weighted by Gasteiger charge is -2.42. The Bertz CT molecular complexity index is 300. The predicted octanol–water partition coefficient (Wildman–Crippen LogP) is 2.06. The third kappa shape index (κ3) is 2.45. The highest BCUT2D eigenvalue weighted by molar-refractivity contribution is 5.03. The molecule has 1 aliphatic carbocycles. The van der Waals surface area contributed by atoms with Gasteiger partial charge in [-0.3, -0.25) is 9.80 Å². The molecule has 0 aromatic rings. The summed E-state index contributed by atoms with van der Waals surface area (Å²) >= 11 is 0. The SMILES string of the molecule is CC1CCCC1(CN)N1CCC(N2CCCCC2)C1. The zero-order valence-corrected chi connectivity index (χ0v) is 12.6. The molecule has 3 nitrogen and oxygen atoms in total. The largest absolute Gasteiger partial charge is 0.329 e. The first-order valence-electron chi connectivity index (χ1n) is 8.45. The molecule has 3 heteroatoms. The predicted molar refractivity (Wildman–Crippen MR) is 80.2 cm³/mol. The van der Waals surface area contributed by atoms with E-state index >= 15 is 0 Å². The van der Waals surface area contributed by atoms with Crippen molar-refractivity contribution in [2.75, 3.05) is 32.7 Å². The summed E-state index contributed by atoms with van der Waals surface area (Å²) in [7, 11) is 0. The molecule has 2 heterocycles. The quantitative estimate of drug-likeness (QED) is 0.848. The van der Waals surface area contributed by atoms with E-state index in [4.69, 9.17) is 5.73 Å². The first kappa shape index (κ1) is 13.8. The molecule has 2 N–H and O–H groups in total. The highest BCUT2D eigenvalue weighted by Crippen LogP contribution is 2.41. The Kier molecular flexibility index (Phi) is 4.16. The second-order valence-corrected chi connectivity index (χ2v) is 7.09. The van der Waals surface area contributed by atoms with Crippen LogP contribution in [0.25, 0.3) is 0 Å². The third-order valence-electron chi connectivity index (χ3n) is 6.22. The van der Waals surface area contributed by atoms with Crippen LogP contribution in [0.2, 0.25) is 0 Å². The number of piperidine rings is 1. The molecule has 0 aromatic carbocycles. The van der Waals surface area contributed by atoms with Gasteiger partial charge in [0.1, 0.15) is 0 Å². The minimum atomic E-state index is 0.338. The maximum absolute atomic E-state index is 6.21. The Hall–Kier alpha value is -0.120. The van der Waals surface area contributed by atoms with E-state index < -0.39 is 0 Å². The van der Waals surface area contributed by atoms with Gasteiger partial charge in [0.15, 0.2) is 0 Å². The molecule has 0 aromatic heterocycles. The Balaban J connectivity index is 1.64. The number of likely N-dealkylation sites (tertiary alicyclic amines) is 2. The number of hydrogen-bond acceptors (Lipinski definition) is 3. The average Bonchev–Trinajstić information content (AvgIpc) is 3.07. The topological polar surface area (TPSA) is 32.5 Å². The lowest BCUT2D eigenvalue weighted by Crippen LogP contribution is -2.55. The van der Waals surface area contributed by atoms with Gasteiger partial charge < -0.3 is 5.73 Å². The molecule has 0 bridgehead atoms. The molecule has 3 fully saturated rings. The van der Waals surface area contributed by atoms with Crippen LogP contribution < -0.4 is 5.73 Å². The summed E-state index contributed by atoms with van der Waals surface area (Å²) in [5.41, 5.74) is 6.55. The summed E-state index contributed by atoms with van der Waals surface area (Å²) in [6, 6.07) is 0.816. The van der Waals surface area contributed by atoms with E-state index in [1.807, 2.05) is 0 Å². The van der Waals surface area contributed by atoms with Crippen LogP contribution >= 0.6 is 0 Å². The summed E-state index contributed by atoms with van der Waals surface area (Å²) in [5, 5.41) is 0. The lowest BCUT2D eigenvalue weighted by molar-refractivity contribution is 0.0745. The molecular weight excluding hydrogens is 234 g/mol. The summed E-state index contributed by atoms with van der Waals surface area (Å²) in [6.07, 6.45) is 9.72. The fraction of sp³-hybridized carbons (Fsp3) is 1.00. The Labute approximate surface area is 118 Å². The number of nitrogens with two attached hydrogens (primary N) is 1. The van der Waals surface area contributed by atoms with Gasteiger partial charge in [-0.15, -0.1) is 0 Å². The van der Waals surface area contributed by atoms with Crippen LogP contribution in [0.5, 0.6) is 0 Å². The maximum Gasteiger partial charge on any atom is 0.0357 e. The minimum absolute atomic E-state index is 0.338. The van der Waals surface area contributed by atoms with Gasteiger partial charge in [0, 0.05) is 31.2 Å². The molecular formula is C16H31N3. The second-order valence-electron chi connectivity index (χ2n) is 7.09. The van der Waals surface area contributed by atoms with Gasteiger partial charge in [-0.25, -0.2) is 0 Å². The maximum atomic E-state index is 6.21. The number of nitrogens with zero attached hydrogens (tertiary/aromatic N) is 2. The highest BCUT2D eigenvalue weighted by Gasteiger charge is 2.46. The molecule has 2 aliphatic heterocycles. The van der Waals surface area contributed by atoms with Crippen LogP contribution in [0.1, 0.15) is 51.9 Å². The summed E-state index contributed by atoms with van der Waals surface area (Å²) in [4.78, 5) is 5.53. The van der Waals surface area contributed by atoms with Gasteiger partial charge in [0.05, 0.1) is 0 Å². The molecule has 2 saturated heterocycles. The van der Waals surface area contributed by atoms with Crippen molar-refractivity contribution < 1.29 is 0 Å². The van der Waals surface area contributed by atoms with E-state index in [0.29, 0.717) is 5.54 Å². The Morgan fingerprint density at radius 2 is 1.84 bits per heavy atom. The highest BCUT2D eigenvalue weighted by atomic mass is 15.3. The zero-order chi connectivity index (χ0) is 13.3. The lowest BCUT2D eigenvalue weighted by atomic mass is 9.86. The smallest absolute Gasteiger partial charge is 0.0357 e. The van der Waals surface area contributed by atoms with Crippen LogP contribution in [0.4, 0.5) is 0 Å². The second kappa shape index (κ2) is 5.71.